The minimum absolute atomic E-state index is 0.0817. The Labute approximate surface area is 198 Å². The van der Waals surface area contributed by atoms with E-state index in [1.807, 2.05) is 41.3 Å². The van der Waals surface area contributed by atoms with Gasteiger partial charge in [0.05, 0.1) is 24.5 Å². The van der Waals surface area contributed by atoms with E-state index in [9.17, 15) is 9.18 Å². The van der Waals surface area contributed by atoms with E-state index in [0.29, 0.717) is 18.7 Å². The molecule has 0 radical (unpaired) electrons. The van der Waals surface area contributed by atoms with Gasteiger partial charge in [0.2, 0.25) is 0 Å². The molecule has 0 N–H and O–H groups in total. The number of nitrogens with zero attached hydrogens (tertiary/aromatic N) is 3. The van der Waals surface area contributed by atoms with Crippen LogP contribution >= 0.6 is 0 Å². The molecule has 2 heterocycles. The molecule has 5 rings (SSSR count). The average Bonchev–Trinajstić information content (AvgIpc) is 3.35. The average molecular weight is 456 g/mol. The molecule has 3 aromatic carbocycles. The van der Waals surface area contributed by atoms with E-state index in [4.69, 9.17) is 9.84 Å². The summed E-state index contributed by atoms with van der Waals surface area (Å²) < 4.78 is 20.9. The largest absolute Gasteiger partial charge is 0.494 e. The molecule has 0 bridgehead atoms. The van der Waals surface area contributed by atoms with E-state index in [1.165, 1.54) is 25.3 Å². The first-order chi connectivity index (χ1) is 16.6. The van der Waals surface area contributed by atoms with Gasteiger partial charge in [-0.2, -0.15) is 5.10 Å². The molecule has 0 spiro atoms. The summed E-state index contributed by atoms with van der Waals surface area (Å²) in [5.41, 5.74) is 4.65. The fourth-order valence-electron chi connectivity index (χ4n) is 4.54. The Balaban J connectivity index is 1.38. The van der Waals surface area contributed by atoms with Crippen LogP contribution in [0.2, 0.25) is 0 Å². The van der Waals surface area contributed by atoms with Crippen LogP contribution in [-0.4, -0.2) is 40.8 Å². The minimum Gasteiger partial charge on any atom is -0.494 e. The predicted octanol–water partition coefficient (Wildman–Crippen LogP) is 5.84. The fourth-order valence-corrected chi connectivity index (χ4v) is 4.54. The Hall–Kier alpha value is -3.93. The number of carbonyl (C=O) groups excluding carboxylic acids is 1. The van der Waals surface area contributed by atoms with Crippen molar-refractivity contribution in [2.45, 2.75) is 18.9 Å². The lowest BCUT2D eigenvalue weighted by Gasteiger charge is -2.33. The molecule has 1 amide bonds. The Bertz CT molecular complexity index is 1280. The highest BCUT2D eigenvalue weighted by atomic mass is 19.1. The van der Waals surface area contributed by atoms with Crippen LogP contribution in [0.5, 0.6) is 5.75 Å². The number of methoxy groups -OCH3 is 1. The zero-order chi connectivity index (χ0) is 23.5. The second-order valence-electron chi connectivity index (χ2n) is 8.46. The van der Waals surface area contributed by atoms with Gasteiger partial charge in [-0.1, -0.05) is 60.7 Å². The number of benzene rings is 3. The van der Waals surface area contributed by atoms with Crippen molar-refractivity contribution in [1.82, 2.24) is 14.7 Å². The highest BCUT2D eigenvalue weighted by Crippen LogP contribution is 2.33. The van der Waals surface area contributed by atoms with E-state index in [0.717, 1.165) is 35.4 Å². The van der Waals surface area contributed by atoms with Gasteiger partial charge in [-0.05, 0) is 42.7 Å². The molecule has 0 unspecified atom stereocenters. The molecule has 0 aliphatic carbocycles. The Morgan fingerprint density at radius 1 is 0.912 bits per heavy atom. The number of hydrogen-bond acceptors (Lipinski definition) is 3. The van der Waals surface area contributed by atoms with Crippen molar-refractivity contribution in [2.75, 3.05) is 20.2 Å². The summed E-state index contributed by atoms with van der Waals surface area (Å²) in [5.74, 6) is -0.497. The molecule has 0 saturated carbocycles. The molecule has 172 valence electrons. The lowest BCUT2D eigenvalue weighted by Crippen LogP contribution is -2.39. The number of carbonyl (C=O) groups is 1. The predicted molar refractivity (Wildman–Crippen MR) is 130 cm³/mol. The van der Waals surface area contributed by atoms with Crippen LogP contribution in [0.1, 0.15) is 29.2 Å². The quantitative estimate of drug-likeness (QED) is 0.380. The highest BCUT2D eigenvalue weighted by Gasteiger charge is 2.27. The van der Waals surface area contributed by atoms with E-state index in [2.05, 4.69) is 35.0 Å². The van der Waals surface area contributed by atoms with Crippen LogP contribution in [0.25, 0.3) is 22.5 Å². The lowest BCUT2D eigenvalue weighted by molar-refractivity contribution is 0.0690. The summed E-state index contributed by atoms with van der Waals surface area (Å²) >= 11 is 0. The number of likely N-dealkylation sites (tertiary alicyclic amines) is 1. The second-order valence-corrected chi connectivity index (χ2v) is 8.46. The van der Waals surface area contributed by atoms with Gasteiger partial charge in [0.15, 0.2) is 11.6 Å². The van der Waals surface area contributed by atoms with Gasteiger partial charge in [0.1, 0.15) is 0 Å². The number of piperidine rings is 1. The molecule has 1 saturated heterocycles. The molecular formula is C28H26FN3O2. The summed E-state index contributed by atoms with van der Waals surface area (Å²) in [6.45, 7) is 1.22. The molecule has 6 heteroatoms. The first-order valence-electron chi connectivity index (χ1n) is 11.5. The summed E-state index contributed by atoms with van der Waals surface area (Å²) in [6, 6.07) is 27.0. The lowest BCUT2D eigenvalue weighted by atomic mass is 10.0. The van der Waals surface area contributed by atoms with Gasteiger partial charge in [-0.15, -0.1) is 0 Å². The molecule has 1 aliphatic rings. The third-order valence-electron chi connectivity index (χ3n) is 6.37. The monoisotopic (exact) mass is 455 g/mol. The molecule has 5 nitrogen and oxygen atoms in total. The number of ether oxygens (including phenoxy) is 1. The molecule has 0 atom stereocenters. The van der Waals surface area contributed by atoms with Crippen LogP contribution in [0, 0.1) is 5.82 Å². The maximum Gasteiger partial charge on any atom is 0.253 e. The molecule has 1 fully saturated rings. The Morgan fingerprint density at radius 3 is 2.21 bits per heavy atom. The summed E-state index contributed by atoms with van der Waals surface area (Å²) in [7, 11) is 1.40. The summed E-state index contributed by atoms with van der Waals surface area (Å²) in [6.07, 6.45) is 1.58. The molecule has 1 aliphatic heterocycles. The van der Waals surface area contributed by atoms with Gasteiger partial charge in [0, 0.05) is 24.2 Å². The third kappa shape index (κ3) is 4.31. The molecule has 1 aromatic heterocycles. The van der Waals surface area contributed by atoms with Crippen molar-refractivity contribution < 1.29 is 13.9 Å². The summed E-state index contributed by atoms with van der Waals surface area (Å²) in [4.78, 5) is 14.9. The van der Waals surface area contributed by atoms with Gasteiger partial charge in [0.25, 0.3) is 5.91 Å². The van der Waals surface area contributed by atoms with Crippen molar-refractivity contribution in [2.24, 2.45) is 0 Å². The summed E-state index contributed by atoms with van der Waals surface area (Å²) in [5, 5.41) is 5.00. The van der Waals surface area contributed by atoms with Crippen LogP contribution in [0.15, 0.2) is 84.9 Å². The number of halogens is 1. The zero-order valence-electron chi connectivity index (χ0n) is 19.0. The normalized spacial score (nSPS) is 14.2. The molecule has 34 heavy (non-hydrogen) atoms. The van der Waals surface area contributed by atoms with Crippen LogP contribution in [0.4, 0.5) is 4.39 Å². The van der Waals surface area contributed by atoms with E-state index < -0.39 is 5.82 Å². The van der Waals surface area contributed by atoms with Crippen molar-refractivity contribution in [3.05, 3.63) is 96.3 Å². The number of rotatable bonds is 5. The van der Waals surface area contributed by atoms with Gasteiger partial charge in [-0.25, -0.2) is 4.39 Å². The Morgan fingerprint density at radius 2 is 1.56 bits per heavy atom. The van der Waals surface area contributed by atoms with Gasteiger partial charge < -0.3 is 9.64 Å². The maximum absolute atomic E-state index is 13.8. The second kappa shape index (κ2) is 9.51. The van der Waals surface area contributed by atoms with E-state index >= 15 is 0 Å². The first kappa shape index (κ1) is 21.9. The number of hydrogen-bond donors (Lipinski definition) is 0. The highest BCUT2D eigenvalue weighted by molar-refractivity contribution is 5.94. The standard InChI is InChI=1S/C28H26FN3O2/c1-34-27-18-22(12-13-24(27)29)28(33)31-16-14-23(15-17-31)32-26(21-10-6-3-7-11-21)19-25(30-32)20-8-4-2-5-9-20/h2-13,18-19,23H,14-17H2,1H3. The first-order valence-corrected chi connectivity index (χ1v) is 11.5. The minimum atomic E-state index is -0.473. The maximum atomic E-state index is 13.8. The van der Waals surface area contributed by atoms with E-state index in [-0.39, 0.29) is 17.7 Å². The van der Waals surface area contributed by atoms with Gasteiger partial charge in [-0.3, -0.25) is 9.48 Å². The molecule has 4 aromatic rings. The Kier molecular flexibility index (Phi) is 6.12. The van der Waals surface area contributed by atoms with Crippen molar-refractivity contribution in [3.63, 3.8) is 0 Å². The number of aromatic nitrogens is 2. The van der Waals surface area contributed by atoms with Crippen molar-refractivity contribution >= 4 is 5.91 Å². The smallest absolute Gasteiger partial charge is 0.253 e. The fraction of sp³-hybridized carbons (Fsp3) is 0.214. The topological polar surface area (TPSA) is 47.4 Å². The zero-order valence-corrected chi connectivity index (χ0v) is 19.0. The van der Waals surface area contributed by atoms with Crippen molar-refractivity contribution in [1.29, 1.82) is 0 Å². The van der Waals surface area contributed by atoms with Gasteiger partial charge >= 0.3 is 0 Å². The van der Waals surface area contributed by atoms with E-state index in [1.54, 1.807) is 0 Å². The van der Waals surface area contributed by atoms with Crippen LogP contribution in [-0.2, 0) is 0 Å². The number of amides is 1. The SMILES string of the molecule is COc1cc(C(=O)N2CCC(n3nc(-c4ccccc4)cc3-c3ccccc3)CC2)ccc1F. The third-order valence-corrected chi connectivity index (χ3v) is 6.37. The molecular weight excluding hydrogens is 429 g/mol. The van der Waals surface area contributed by atoms with Crippen molar-refractivity contribution in [3.8, 4) is 28.3 Å². The van der Waals surface area contributed by atoms with Crippen LogP contribution in [0.3, 0.4) is 0 Å². The van der Waals surface area contributed by atoms with Crippen LogP contribution < -0.4 is 4.74 Å².